The molecule has 0 spiro atoms. The molecule has 0 aliphatic carbocycles. The standard InChI is InChI=1S/C6H5F2NO/c7-4-1-5(3-10)9-6(8)2-4/h1-2,10H,3H2. The Morgan fingerprint density at radius 2 is 2.10 bits per heavy atom. The minimum atomic E-state index is -0.913. The summed E-state index contributed by atoms with van der Waals surface area (Å²) in [7, 11) is 0. The third-order valence-corrected chi connectivity index (χ3v) is 0.974. The van der Waals surface area contributed by atoms with Gasteiger partial charge in [-0.1, -0.05) is 0 Å². The lowest BCUT2D eigenvalue weighted by atomic mass is 10.3. The average molecular weight is 145 g/mol. The molecule has 4 heteroatoms. The molecule has 0 saturated heterocycles. The highest BCUT2D eigenvalue weighted by atomic mass is 19.1. The van der Waals surface area contributed by atoms with Crippen molar-refractivity contribution in [3.63, 3.8) is 0 Å². The van der Waals surface area contributed by atoms with E-state index in [0.717, 1.165) is 6.07 Å². The van der Waals surface area contributed by atoms with Gasteiger partial charge in [0, 0.05) is 6.07 Å². The van der Waals surface area contributed by atoms with E-state index in [0.29, 0.717) is 6.07 Å². The van der Waals surface area contributed by atoms with Gasteiger partial charge in [0.05, 0.1) is 12.3 Å². The van der Waals surface area contributed by atoms with Crippen LogP contribution in [0.5, 0.6) is 0 Å². The zero-order valence-corrected chi connectivity index (χ0v) is 5.01. The van der Waals surface area contributed by atoms with E-state index >= 15 is 0 Å². The normalized spacial score (nSPS) is 9.90. The van der Waals surface area contributed by atoms with Crippen LogP contribution in [0.3, 0.4) is 0 Å². The van der Waals surface area contributed by atoms with Crippen molar-refractivity contribution in [3.05, 3.63) is 29.6 Å². The van der Waals surface area contributed by atoms with Crippen LogP contribution in [0.4, 0.5) is 8.78 Å². The maximum Gasteiger partial charge on any atom is 0.216 e. The smallest absolute Gasteiger partial charge is 0.216 e. The first-order valence-corrected chi connectivity index (χ1v) is 2.65. The first-order valence-electron chi connectivity index (χ1n) is 2.65. The molecule has 1 aromatic rings. The van der Waals surface area contributed by atoms with E-state index in [4.69, 9.17) is 5.11 Å². The van der Waals surface area contributed by atoms with E-state index in [1.165, 1.54) is 0 Å². The van der Waals surface area contributed by atoms with Gasteiger partial charge in [-0.3, -0.25) is 0 Å². The molecule has 1 heterocycles. The Kier molecular flexibility index (Phi) is 1.91. The van der Waals surface area contributed by atoms with Crippen molar-refractivity contribution >= 4 is 0 Å². The maximum absolute atomic E-state index is 12.2. The van der Waals surface area contributed by atoms with Gasteiger partial charge in [0.2, 0.25) is 5.95 Å². The van der Waals surface area contributed by atoms with E-state index < -0.39 is 18.4 Å². The van der Waals surface area contributed by atoms with Gasteiger partial charge in [0.1, 0.15) is 5.82 Å². The molecule has 2 nitrogen and oxygen atoms in total. The Morgan fingerprint density at radius 1 is 1.40 bits per heavy atom. The highest BCUT2D eigenvalue weighted by Crippen LogP contribution is 2.02. The Hall–Kier alpha value is -1.03. The van der Waals surface area contributed by atoms with E-state index in [-0.39, 0.29) is 5.69 Å². The molecule has 0 amide bonds. The second-order valence-electron chi connectivity index (χ2n) is 1.76. The number of aromatic nitrogens is 1. The molecule has 0 saturated carbocycles. The van der Waals surface area contributed by atoms with Crippen LogP contribution < -0.4 is 0 Å². The molecule has 1 N–H and O–H groups in total. The second kappa shape index (κ2) is 2.70. The van der Waals surface area contributed by atoms with Crippen molar-refractivity contribution in [2.75, 3.05) is 0 Å². The molecule has 0 unspecified atom stereocenters. The summed E-state index contributed by atoms with van der Waals surface area (Å²) in [4.78, 5) is 3.20. The fourth-order valence-electron chi connectivity index (χ4n) is 0.597. The third-order valence-electron chi connectivity index (χ3n) is 0.974. The zero-order valence-electron chi connectivity index (χ0n) is 5.01. The van der Waals surface area contributed by atoms with E-state index in [1.54, 1.807) is 0 Å². The van der Waals surface area contributed by atoms with Crippen LogP contribution in [-0.2, 0) is 6.61 Å². The van der Waals surface area contributed by atoms with Crippen molar-refractivity contribution in [1.29, 1.82) is 0 Å². The van der Waals surface area contributed by atoms with Gasteiger partial charge in [-0.05, 0) is 6.07 Å². The molecule has 0 aliphatic heterocycles. The Labute approximate surface area is 56.1 Å². The molecule has 54 valence electrons. The Bertz CT molecular complexity index is 219. The minimum absolute atomic E-state index is 0.00231. The zero-order chi connectivity index (χ0) is 7.56. The molecular weight excluding hydrogens is 140 g/mol. The number of aliphatic hydroxyl groups is 1. The van der Waals surface area contributed by atoms with Crippen molar-refractivity contribution in [1.82, 2.24) is 4.98 Å². The largest absolute Gasteiger partial charge is 0.390 e. The summed E-state index contributed by atoms with van der Waals surface area (Å²) in [6.45, 7) is -0.450. The van der Waals surface area contributed by atoms with Crippen LogP contribution in [0.2, 0.25) is 0 Å². The van der Waals surface area contributed by atoms with Crippen LogP contribution in [0.25, 0.3) is 0 Å². The van der Waals surface area contributed by atoms with Crippen LogP contribution in [0.15, 0.2) is 12.1 Å². The van der Waals surface area contributed by atoms with Crippen LogP contribution in [0, 0.1) is 11.8 Å². The van der Waals surface area contributed by atoms with Gasteiger partial charge in [0.15, 0.2) is 0 Å². The summed E-state index contributed by atoms with van der Waals surface area (Å²) in [6, 6.07) is 1.63. The lowest BCUT2D eigenvalue weighted by Gasteiger charge is -1.94. The van der Waals surface area contributed by atoms with Crippen molar-refractivity contribution in [3.8, 4) is 0 Å². The number of hydrogen-bond donors (Lipinski definition) is 1. The lowest BCUT2D eigenvalue weighted by Crippen LogP contribution is -1.93. The van der Waals surface area contributed by atoms with E-state index in [1.807, 2.05) is 0 Å². The van der Waals surface area contributed by atoms with Gasteiger partial charge in [-0.25, -0.2) is 9.37 Å². The molecule has 1 aromatic heterocycles. The Morgan fingerprint density at radius 3 is 2.60 bits per heavy atom. The fourth-order valence-corrected chi connectivity index (χ4v) is 0.597. The fraction of sp³-hybridized carbons (Fsp3) is 0.167. The summed E-state index contributed by atoms with van der Waals surface area (Å²) in [5.41, 5.74) is -0.00231. The maximum atomic E-state index is 12.2. The average Bonchev–Trinajstić information content (AvgIpc) is 1.85. The molecule has 0 aromatic carbocycles. The lowest BCUT2D eigenvalue weighted by molar-refractivity contribution is 0.274. The van der Waals surface area contributed by atoms with E-state index in [2.05, 4.69) is 4.98 Å². The molecule has 0 fully saturated rings. The third kappa shape index (κ3) is 1.48. The number of nitrogens with zero attached hydrogens (tertiary/aromatic N) is 1. The highest BCUT2D eigenvalue weighted by Gasteiger charge is 1.99. The molecule has 1 rings (SSSR count). The minimum Gasteiger partial charge on any atom is -0.390 e. The van der Waals surface area contributed by atoms with Gasteiger partial charge in [-0.2, -0.15) is 4.39 Å². The molecule has 10 heavy (non-hydrogen) atoms. The SMILES string of the molecule is OCc1cc(F)cc(F)n1. The van der Waals surface area contributed by atoms with Gasteiger partial charge in [-0.15, -0.1) is 0 Å². The predicted octanol–water partition coefficient (Wildman–Crippen LogP) is 0.852. The first-order chi connectivity index (χ1) is 4.72. The van der Waals surface area contributed by atoms with Crippen molar-refractivity contribution in [2.45, 2.75) is 6.61 Å². The first kappa shape index (κ1) is 7.08. The van der Waals surface area contributed by atoms with Gasteiger partial charge < -0.3 is 5.11 Å². The van der Waals surface area contributed by atoms with Crippen LogP contribution in [0.1, 0.15) is 5.69 Å². The summed E-state index contributed by atoms with van der Waals surface area (Å²) < 4.78 is 24.4. The predicted molar refractivity (Wildman–Crippen MR) is 30.1 cm³/mol. The summed E-state index contributed by atoms with van der Waals surface area (Å²) >= 11 is 0. The molecular formula is C6H5F2NO. The highest BCUT2D eigenvalue weighted by molar-refractivity contribution is 5.05. The monoisotopic (exact) mass is 145 g/mol. The number of rotatable bonds is 1. The molecule has 0 radical (unpaired) electrons. The molecule has 0 atom stereocenters. The summed E-state index contributed by atoms with van der Waals surface area (Å²) in [5.74, 6) is -1.64. The Balaban J connectivity index is 3.06. The topological polar surface area (TPSA) is 33.1 Å². The van der Waals surface area contributed by atoms with Gasteiger partial charge >= 0.3 is 0 Å². The van der Waals surface area contributed by atoms with Crippen LogP contribution >= 0.6 is 0 Å². The number of halogens is 2. The molecule has 0 bridgehead atoms. The second-order valence-corrected chi connectivity index (χ2v) is 1.76. The van der Waals surface area contributed by atoms with E-state index in [9.17, 15) is 8.78 Å². The number of pyridine rings is 1. The van der Waals surface area contributed by atoms with Gasteiger partial charge in [0.25, 0.3) is 0 Å². The summed E-state index contributed by atoms with van der Waals surface area (Å²) in [6.07, 6.45) is 0. The number of hydrogen-bond acceptors (Lipinski definition) is 2. The van der Waals surface area contributed by atoms with Crippen LogP contribution in [-0.4, -0.2) is 10.1 Å². The summed E-state index contributed by atoms with van der Waals surface area (Å²) in [5, 5.41) is 8.39. The molecule has 0 aliphatic rings. The van der Waals surface area contributed by atoms with Crippen molar-refractivity contribution < 1.29 is 13.9 Å². The number of aliphatic hydroxyl groups excluding tert-OH is 1. The quantitative estimate of drug-likeness (QED) is 0.594. The van der Waals surface area contributed by atoms with Crippen molar-refractivity contribution in [2.24, 2.45) is 0 Å².